The average Bonchev–Trinajstić information content (AvgIpc) is 3.17. The number of methoxy groups -OCH3 is 1. The number of carbonyl (C=O) groups is 1. The predicted molar refractivity (Wildman–Crippen MR) is 112 cm³/mol. The van der Waals surface area contributed by atoms with E-state index < -0.39 is 0 Å². The summed E-state index contributed by atoms with van der Waals surface area (Å²) >= 11 is 8.62. The molecule has 7 heteroatoms. The zero-order valence-corrected chi connectivity index (χ0v) is 16.8. The van der Waals surface area contributed by atoms with E-state index in [1.807, 2.05) is 18.2 Å². The first-order chi connectivity index (χ1) is 12.6. The van der Waals surface area contributed by atoms with Gasteiger partial charge in [-0.3, -0.25) is 10.1 Å². The maximum atomic E-state index is 12.5. The fraction of sp³-hybridized carbons (Fsp3) is 0.263. The summed E-state index contributed by atoms with van der Waals surface area (Å²) in [6.07, 6.45) is 2.49. The number of rotatable bonds is 4. The molecule has 1 amide bonds. The molecule has 0 bridgehead atoms. The van der Waals surface area contributed by atoms with Gasteiger partial charge in [-0.2, -0.15) is 0 Å². The molecule has 0 aromatic heterocycles. The molecule has 0 unspecified atom stereocenters. The quantitative estimate of drug-likeness (QED) is 0.708. The lowest BCUT2D eigenvalue weighted by molar-refractivity contribution is 0.0974. The standard InChI is InChI=1S/C19H20BrN3O2S/c1-25-17-9-4-13(20)12-16(17)18(24)22-19(26)21-14-5-7-15(8-6-14)23-10-2-3-11-23/h4-9,12H,2-3,10-11H2,1H3,(H2,21,22,24,26). The fourth-order valence-electron chi connectivity index (χ4n) is 2.92. The maximum Gasteiger partial charge on any atom is 0.261 e. The van der Waals surface area contributed by atoms with Crippen molar-refractivity contribution in [3.05, 3.63) is 52.5 Å². The molecule has 2 N–H and O–H groups in total. The Morgan fingerprint density at radius 2 is 1.85 bits per heavy atom. The van der Waals surface area contributed by atoms with Crippen molar-refractivity contribution in [2.45, 2.75) is 12.8 Å². The lowest BCUT2D eigenvalue weighted by Gasteiger charge is -2.18. The van der Waals surface area contributed by atoms with E-state index >= 15 is 0 Å². The minimum atomic E-state index is -0.325. The van der Waals surface area contributed by atoms with E-state index in [0.29, 0.717) is 11.3 Å². The molecule has 1 aliphatic rings. The smallest absolute Gasteiger partial charge is 0.261 e. The zero-order chi connectivity index (χ0) is 18.5. The van der Waals surface area contributed by atoms with Gasteiger partial charge in [-0.25, -0.2) is 0 Å². The maximum absolute atomic E-state index is 12.5. The van der Waals surface area contributed by atoms with Crippen molar-refractivity contribution in [1.29, 1.82) is 0 Å². The van der Waals surface area contributed by atoms with Crippen molar-refractivity contribution in [3.63, 3.8) is 0 Å². The van der Waals surface area contributed by atoms with Crippen molar-refractivity contribution < 1.29 is 9.53 Å². The lowest BCUT2D eigenvalue weighted by Crippen LogP contribution is -2.34. The Morgan fingerprint density at radius 3 is 2.50 bits per heavy atom. The molecule has 1 saturated heterocycles. The first-order valence-electron chi connectivity index (χ1n) is 8.38. The van der Waals surface area contributed by atoms with Gasteiger partial charge in [0.1, 0.15) is 5.75 Å². The van der Waals surface area contributed by atoms with Crippen LogP contribution >= 0.6 is 28.1 Å². The third-order valence-electron chi connectivity index (χ3n) is 4.23. The van der Waals surface area contributed by atoms with Gasteiger partial charge in [0.15, 0.2) is 5.11 Å². The van der Waals surface area contributed by atoms with Gasteiger partial charge in [0.25, 0.3) is 5.91 Å². The van der Waals surface area contributed by atoms with Crippen LogP contribution in [0.25, 0.3) is 0 Å². The summed E-state index contributed by atoms with van der Waals surface area (Å²) in [5.41, 5.74) is 2.46. The topological polar surface area (TPSA) is 53.6 Å². The fourth-order valence-corrected chi connectivity index (χ4v) is 3.49. The van der Waals surface area contributed by atoms with Crippen molar-refractivity contribution in [2.24, 2.45) is 0 Å². The third-order valence-corrected chi connectivity index (χ3v) is 4.93. The molecule has 2 aromatic carbocycles. The number of thiocarbonyl (C=S) groups is 1. The van der Waals surface area contributed by atoms with Crippen LogP contribution in [-0.2, 0) is 0 Å². The third kappa shape index (κ3) is 4.53. The van der Waals surface area contributed by atoms with Gasteiger partial charge in [0, 0.05) is 28.9 Å². The molecule has 0 radical (unpaired) electrons. The minimum absolute atomic E-state index is 0.242. The van der Waals surface area contributed by atoms with Crippen LogP contribution in [0.15, 0.2) is 46.9 Å². The molecule has 1 aliphatic heterocycles. The molecule has 1 heterocycles. The van der Waals surface area contributed by atoms with E-state index in [4.69, 9.17) is 17.0 Å². The monoisotopic (exact) mass is 433 g/mol. The van der Waals surface area contributed by atoms with Crippen LogP contribution in [0.3, 0.4) is 0 Å². The Hall–Kier alpha value is -2.12. The number of hydrogen-bond donors (Lipinski definition) is 2. The number of ether oxygens (including phenoxy) is 1. The summed E-state index contributed by atoms with van der Waals surface area (Å²) in [7, 11) is 1.53. The number of nitrogens with zero attached hydrogens (tertiary/aromatic N) is 1. The van der Waals surface area contributed by atoms with Crippen LogP contribution in [0, 0.1) is 0 Å². The molecule has 0 aliphatic carbocycles. The summed E-state index contributed by atoms with van der Waals surface area (Å²) < 4.78 is 6.02. The highest BCUT2D eigenvalue weighted by Crippen LogP contribution is 2.23. The van der Waals surface area contributed by atoms with Crippen LogP contribution in [0.1, 0.15) is 23.2 Å². The van der Waals surface area contributed by atoms with Crippen LogP contribution in [0.4, 0.5) is 11.4 Å². The summed E-state index contributed by atoms with van der Waals surface area (Å²) in [6, 6.07) is 13.3. The van der Waals surface area contributed by atoms with Crippen LogP contribution in [0.2, 0.25) is 0 Å². The van der Waals surface area contributed by atoms with E-state index in [9.17, 15) is 4.79 Å². The SMILES string of the molecule is COc1ccc(Br)cc1C(=O)NC(=S)Nc1ccc(N2CCCC2)cc1. The molecule has 2 aromatic rings. The van der Waals surface area contributed by atoms with Gasteiger partial charge >= 0.3 is 0 Å². The first-order valence-corrected chi connectivity index (χ1v) is 9.58. The van der Waals surface area contributed by atoms with Gasteiger partial charge < -0.3 is 15.0 Å². The molecule has 3 rings (SSSR count). The zero-order valence-electron chi connectivity index (χ0n) is 14.4. The number of amides is 1. The first kappa shape index (κ1) is 18.7. The second kappa shape index (κ2) is 8.51. The van der Waals surface area contributed by atoms with Gasteiger partial charge in [-0.15, -0.1) is 0 Å². The van der Waals surface area contributed by atoms with E-state index in [1.54, 1.807) is 12.1 Å². The molecule has 0 atom stereocenters. The van der Waals surface area contributed by atoms with Crippen molar-refractivity contribution in [2.75, 3.05) is 30.4 Å². The predicted octanol–water partition coefficient (Wildman–Crippen LogP) is 4.18. The lowest BCUT2D eigenvalue weighted by atomic mass is 10.2. The Bertz CT molecular complexity index is 805. The Labute approximate surface area is 166 Å². The van der Waals surface area contributed by atoms with Crippen LogP contribution in [-0.4, -0.2) is 31.2 Å². The second-order valence-corrected chi connectivity index (χ2v) is 7.32. The molecule has 5 nitrogen and oxygen atoms in total. The average molecular weight is 434 g/mol. The van der Waals surface area contributed by atoms with Gasteiger partial charge in [0.2, 0.25) is 0 Å². The number of halogens is 1. The number of anilines is 2. The minimum Gasteiger partial charge on any atom is -0.496 e. The van der Waals surface area contributed by atoms with Crippen molar-refractivity contribution >= 4 is 50.5 Å². The summed E-state index contributed by atoms with van der Waals surface area (Å²) in [5.74, 6) is 0.165. The molecule has 26 heavy (non-hydrogen) atoms. The Morgan fingerprint density at radius 1 is 1.15 bits per heavy atom. The van der Waals surface area contributed by atoms with E-state index in [-0.39, 0.29) is 11.0 Å². The molecule has 0 spiro atoms. The highest BCUT2D eigenvalue weighted by molar-refractivity contribution is 9.10. The van der Waals surface area contributed by atoms with E-state index in [1.165, 1.54) is 25.6 Å². The van der Waals surface area contributed by atoms with Gasteiger partial charge in [-0.05, 0) is 67.5 Å². The van der Waals surface area contributed by atoms with Crippen LogP contribution in [0.5, 0.6) is 5.75 Å². The van der Waals surface area contributed by atoms with Gasteiger partial charge in [-0.1, -0.05) is 15.9 Å². The molecule has 0 saturated carbocycles. The molecule has 1 fully saturated rings. The number of hydrogen-bond acceptors (Lipinski definition) is 4. The van der Waals surface area contributed by atoms with Crippen molar-refractivity contribution in [1.82, 2.24) is 5.32 Å². The Kier molecular flexibility index (Phi) is 6.11. The Balaban J connectivity index is 1.61. The number of nitrogens with one attached hydrogen (secondary N) is 2. The summed E-state index contributed by atoms with van der Waals surface area (Å²) in [6.45, 7) is 2.21. The van der Waals surface area contributed by atoms with Crippen molar-refractivity contribution in [3.8, 4) is 5.75 Å². The van der Waals surface area contributed by atoms with Crippen LogP contribution < -0.4 is 20.3 Å². The second-order valence-electron chi connectivity index (χ2n) is 5.99. The summed E-state index contributed by atoms with van der Waals surface area (Å²) in [4.78, 5) is 14.8. The largest absolute Gasteiger partial charge is 0.496 e. The summed E-state index contributed by atoms with van der Waals surface area (Å²) in [5, 5.41) is 5.97. The molecular formula is C19H20BrN3O2S. The van der Waals surface area contributed by atoms with E-state index in [0.717, 1.165) is 23.2 Å². The normalized spacial score (nSPS) is 13.4. The highest BCUT2D eigenvalue weighted by Gasteiger charge is 2.15. The van der Waals surface area contributed by atoms with Gasteiger partial charge in [0.05, 0.1) is 12.7 Å². The number of benzene rings is 2. The molecule has 136 valence electrons. The highest BCUT2D eigenvalue weighted by atomic mass is 79.9. The number of carbonyl (C=O) groups excluding carboxylic acids is 1. The van der Waals surface area contributed by atoms with E-state index in [2.05, 4.69) is 43.6 Å². The molecular weight excluding hydrogens is 414 g/mol.